The highest BCUT2D eigenvalue weighted by Gasteiger charge is 2.42. The maximum atomic E-state index is 12.7. The van der Waals surface area contributed by atoms with E-state index in [1.165, 1.54) is 66.8 Å². The predicted octanol–water partition coefficient (Wildman–Crippen LogP) is 3.93. The van der Waals surface area contributed by atoms with Gasteiger partial charge in [-0.25, -0.2) is 4.68 Å². The summed E-state index contributed by atoms with van der Waals surface area (Å²) in [4.78, 5) is 39.6. The fraction of sp³-hybridized carbons (Fsp3) is 0.464. The summed E-state index contributed by atoms with van der Waals surface area (Å²) in [6.45, 7) is 3.42. The van der Waals surface area contributed by atoms with Gasteiger partial charge in [0.25, 0.3) is 5.91 Å². The molecule has 0 radical (unpaired) electrons. The average Bonchev–Trinajstić information content (AvgIpc) is 3.55. The van der Waals surface area contributed by atoms with Gasteiger partial charge in [-0.1, -0.05) is 36.6 Å². The lowest BCUT2D eigenvalue weighted by Gasteiger charge is -2.52. The topological polar surface area (TPSA) is 109 Å². The zero-order chi connectivity index (χ0) is 26.1. The minimum Gasteiger partial charge on any atom is -0.326 e. The second kappa shape index (κ2) is 10.4. The molecule has 3 aliphatic rings. The summed E-state index contributed by atoms with van der Waals surface area (Å²) in [6.07, 6.45) is 9.63. The third kappa shape index (κ3) is 5.42. The predicted molar refractivity (Wildman–Crippen MR) is 144 cm³/mol. The number of hydrogen-bond donors (Lipinski definition) is 2. The standard InChI is InChI=1S/C28H32N6O3S/c35-25-9-8-24(27(37)30-25)34-15-23(31-32-34)20-12-22(38-16-20)13-26(36)29-21-6-4-19(5-7-21)14-33-17-28(18-33)10-2-1-3-11-28/h4-7,12,15-16,24H,1-3,8-11,13-14,17-18H2,(H,29,36)(H,30,35,37). The van der Waals surface area contributed by atoms with Gasteiger partial charge in [-0.2, -0.15) is 0 Å². The summed E-state index contributed by atoms with van der Waals surface area (Å²) in [6, 6.07) is 9.57. The molecule has 1 unspecified atom stereocenters. The number of imide groups is 1. The molecule has 38 heavy (non-hydrogen) atoms. The quantitative estimate of drug-likeness (QED) is 0.447. The fourth-order valence-corrected chi connectivity index (χ4v) is 6.93. The molecule has 9 nitrogen and oxygen atoms in total. The van der Waals surface area contributed by atoms with Crippen LogP contribution in [0.5, 0.6) is 0 Å². The Balaban J connectivity index is 0.994. The van der Waals surface area contributed by atoms with Crippen LogP contribution >= 0.6 is 11.3 Å². The highest BCUT2D eigenvalue weighted by molar-refractivity contribution is 7.10. The van der Waals surface area contributed by atoms with Gasteiger partial charge in [-0.3, -0.25) is 24.6 Å². The Labute approximate surface area is 225 Å². The maximum Gasteiger partial charge on any atom is 0.251 e. The maximum absolute atomic E-state index is 12.7. The van der Waals surface area contributed by atoms with E-state index >= 15 is 0 Å². The van der Waals surface area contributed by atoms with Crippen molar-refractivity contribution in [2.45, 2.75) is 64.0 Å². The van der Waals surface area contributed by atoms with Crippen LogP contribution in [0.2, 0.25) is 0 Å². The van der Waals surface area contributed by atoms with Crippen molar-refractivity contribution < 1.29 is 14.4 Å². The van der Waals surface area contributed by atoms with Gasteiger partial charge in [0.15, 0.2) is 0 Å². The van der Waals surface area contributed by atoms with Crippen LogP contribution in [0.25, 0.3) is 11.3 Å². The van der Waals surface area contributed by atoms with Crippen LogP contribution in [-0.2, 0) is 27.3 Å². The molecule has 2 N–H and O–H groups in total. The lowest BCUT2D eigenvalue weighted by atomic mass is 9.68. The number of aromatic nitrogens is 3. The lowest BCUT2D eigenvalue weighted by molar-refractivity contribution is -0.136. The van der Waals surface area contributed by atoms with Gasteiger partial charge in [-0.15, -0.1) is 16.4 Å². The minimum absolute atomic E-state index is 0.0691. The highest BCUT2D eigenvalue weighted by Crippen LogP contribution is 2.44. The molecule has 1 aliphatic carbocycles. The van der Waals surface area contributed by atoms with Crippen LogP contribution in [0.15, 0.2) is 41.9 Å². The molecule has 3 fully saturated rings. The van der Waals surface area contributed by atoms with Crippen LogP contribution in [0.3, 0.4) is 0 Å². The van der Waals surface area contributed by atoms with Crippen molar-refractivity contribution in [1.82, 2.24) is 25.2 Å². The summed E-state index contributed by atoms with van der Waals surface area (Å²) < 4.78 is 1.50. The molecule has 1 atom stereocenters. The Hall–Kier alpha value is -3.37. The molecule has 2 saturated heterocycles. The van der Waals surface area contributed by atoms with Crippen molar-refractivity contribution in [1.29, 1.82) is 0 Å². The van der Waals surface area contributed by atoms with Crippen LogP contribution in [0.1, 0.15) is 61.4 Å². The van der Waals surface area contributed by atoms with Crippen LogP contribution in [0, 0.1) is 5.41 Å². The molecule has 2 aliphatic heterocycles. The smallest absolute Gasteiger partial charge is 0.251 e. The van der Waals surface area contributed by atoms with Crippen LogP contribution in [0.4, 0.5) is 5.69 Å². The number of nitrogens with zero attached hydrogens (tertiary/aromatic N) is 4. The van der Waals surface area contributed by atoms with Crippen LogP contribution in [-0.4, -0.2) is 50.7 Å². The lowest BCUT2D eigenvalue weighted by Crippen LogP contribution is -2.56. The number of nitrogens with one attached hydrogen (secondary N) is 2. The molecule has 1 aromatic carbocycles. The number of amides is 3. The molecular formula is C28H32N6O3S. The SMILES string of the molecule is O=C1CCC(n2cc(-c3csc(CC(=O)Nc4ccc(CN5CC6(CCCCC6)C5)cc4)c3)nn2)C(=O)N1. The molecule has 198 valence electrons. The van der Waals surface area contributed by atoms with Crippen molar-refractivity contribution >= 4 is 34.7 Å². The number of hydrogen-bond acceptors (Lipinski definition) is 7. The van der Waals surface area contributed by atoms with E-state index in [9.17, 15) is 14.4 Å². The fourth-order valence-electron chi connectivity index (χ4n) is 6.05. The molecule has 2 aromatic heterocycles. The Morgan fingerprint density at radius 1 is 1.13 bits per heavy atom. The zero-order valence-electron chi connectivity index (χ0n) is 21.3. The minimum atomic E-state index is -0.538. The normalized spacial score (nSPS) is 21.2. The summed E-state index contributed by atoms with van der Waals surface area (Å²) in [7, 11) is 0. The Morgan fingerprint density at radius 2 is 1.92 bits per heavy atom. The molecule has 4 heterocycles. The largest absolute Gasteiger partial charge is 0.326 e. The second-order valence-corrected chi connectivity index (χ2v) is 12.0. The second-order valence-electron chi connectivity index (χ2n) is 11.0. The number of anilines is 1. The van der Waals surface area contributed by atoms with E-state index in [4.69, 9.17) is 0 Å². The Kier molecular flexibility index (Phi) is 6.84. The number of rotatable bonds is 7. The first-order valence-corrected chi connectivity index (χ1v) is 14.3. The molecule has 0 bridgehead atoms. The van der Waals surface area contributed by atoms with Gasteiger partial charge < -0.3 is 5.32 Å². The Bertz CT molecular complexity index is 1330. The first-order chi connectivity index (χ1) is 18.4. The summed E-state index contributed by atoms with van der Waals surface area (Å²) in [5, 5.41) is 15.6. The van der Waals surface area contributed by atoms with Gasteiger partial charge >= 0.3 is 0 Å². The average molecular weight is 533 g/mol. The van der Waals surface area contributed by atoms with Gasteiger partial charge in [0, 0.05) is 47.6 Å². The molecule has 6 rings (SSSR count). The highest BCUT2D eigenvalue weighted by atomic mass is 32.1. The molecule has 10 heteroatoms. The van der Waals surface area contributed by atoms with Crippen molar-refractivity contribution in [3.05, 3.63) is 52.3 Å². The van der Waals surface area contributed by atoms with Gasteiger partial charge in [0.1, 0.15) is 11.7 Å². The number of thiophene rings is 1. The number of likely N-dealkylation sites (tertiary alicyclic amines) is 1. The first kappa shape index (κ1) is 24.9. The molecule has 3 amide bonds. The van der Waals surface area contributed by atoms with E-state index in [2.05, 4.69) is 38.0 Å². The van der Waals surface area contributed by atoms with E-state index in [-0.39, 0.29) is 30.6 Å². The monoisotopic (exact) mass is 532 g/mol. The van der Waals surface area contributed by atoms with Crippen molar-refractivity contribution in [3.63, 3.8) is 0 Å². The van der Waals surface area contributed by atoms with Crippen LogP contribution < -0.4 is 10.6 Å². The van der Waals surface area contributed by atoms with E-state index in [0.717, 1.165) is 22.7 Å². The first-order valence-electron chi connectivity index (χ1n) is 13.4. The summed E-state index contributed by atoms with van der Waals surface area (Å²) in [5.41, 5.74) is 4.15. The summed E-state index contributed by atoms with van der Waals surface area (Å²) in [5.74, 6) is -0.690. The molecule has 3 aromatic rings. The zero-order valence-corrected chi connectivity index (χ0v) is 22.1. The molecule has 1 spiro atoms. The Morgan fingerprint density at radius 3 is 2.68 bits per heavy atom. The van der Waals surface area contributed by atoms with Gasteiger partial charge in [0.2, 0.25) is 11.8 Å². The van der Waals surface area contributed by atoms with Crippen molar-refractivity contribution in [2.24, 2.45) is 5.41 Å². The third-order valence-electron chi connectivity index (χ3n) is 8.00. The van der Waals surface area contributed by atoms with Gasteiger partial charge in [-0.05, 0) is 48.4 Å². The summed E-state index contributed by atoms with van der Waals surface area (Å²) >= 11 is 1.49. The third-order valence-corrected chi connectivity index (χ3v) is 8.94. The van der Waals surface area contributed by atoms with E-state index in [1.54, 1.807) is 6.20 Å². The van der Waals surface area contributed by atoms with E-state index in [0.29, 0.717) is 17.5 Å². The number of carbonyl (C=O) groups is 3. The molecule has 1 saturated carbocycles. The number of piperidine rings is 1. The number of benzene rings is 1. The van der Waals surface area contributed by atoms with Crippen molar-refractivity contribution in [2.75, 3.05) is 18.4 Å². The van der Waals surface area contributed by atoms with Crippen molar-refractivity contribution in [3.8, 4) is 11.3 Å². The molecular weight excluding hydrogens is 500 g/mol. The van der Waals surface area contributed by atoms with E-state index < -0.39 is 6.04 Å². The van der Waals surface area contributed by atoms with Gasteiger partial charge in [0.05, 0.1) is 12.6 Å². The number of carbonyl (C=O) groups excluding carboxylic acids is 3. The van der Waals surface area contributed by atoms with E-state index in [1.807, 2.05) is 23.6 Å².